The molecule has 0 aromatic carbocycles. The summed E-state index contributed by atoms with van der Waals surface area (Å²) in [7, 11) is 0. The zero-order valence-corrected chi connectivity index (χ0v) is 10.2. The minimum Gasteiger partial charge on any atom is -0.491 e. The fraction of sp³-hybridized carbons (Fsp3) is 0.583. The summed E-state index contributed by atoms with van der Waals surface area (Å²) in [6.07, 6.45) is 2.80. The van der Waals surface area contributed by atoms with Crippen LogP contribution >= 0.6 is 0 Å². The zero-order valence-electron chi connectivity index (χ0n) is 10.2. The Morgan fingerprint density at radius 3 is 2.73 bits per heavy atom. The number of rotatable bonds is 4. The van der Waals surface area contributed by atoms with Gasteiger partial charge in [0.2, 0.25) is 0 Å². The molecule has 0 aliphatic carbocycles. The molecule has 2 N–H and O–H groups in total. The van der Waals surface area contributed by atoms with Gasteiger partial charge in [0, 0.05) is 19.4 Å². The van der Waals surface area contributed by atoms with Crippen molar-refractivity contribution in [3.05, 3.63) is 24.0 Å². The van der Waals surface area contributed by atoms with E-state index < -0.39 is 0 Å². The Hall–Kier alpha value is -1.09. The second-order valence-electron chi connectivity index (χ2n) is 3.14. The number of ether oxygens (including phenoxy) is 1. The van der Waals surface area contributed by atoms with Crippen LogP contribution < -0.4 is 10.5 Å². The average Bonchev–Trinajstić information content (AvgIpc) is 2.21. The molecule has 3 heteroatoms. The van der Waals surface area contributed by atoms with Crippen molar-refractivity contribution in [3.63, 3.8) is 0 Å². The Bertz CT molecular complexity index is 269. The number of nitrogens with zero attached hydrogens (tertiary/aromatic N) is 1. The molecule has 0 radical (unpaired) electrons. The third-order valence-electron chi connectivity index (χ3n) is 1.78. The van der Waals surface area contributed by atoms with Gasteiger partial charge in [-0.25, -0.2) is 0 Å². The molecule has 0 spiro atoms. The molecule has 1 unspecified atom stereocenters. The summed E-state index contributed by atoms with van der Waals surface area (Å²) in [6.45, 7) is 8.62. The van der Waals surface area contributed by atoms with Crippen LogP contribution in [0.25, 0.3) is 0 Å². The van der Waals surface area contributed by atoms with Gasteiger partial charge < -0.3 is 10.5 Å². The number of nitrogens with two attached hydrogens (primary N) is 1. The van der Waals surface area contributed by atoms with Crippen LogP contribution in [-0.4, -0.2) is 17.6 Å². The first kappa shape index (κ1) is 13.9. The molecular weight excluding hydrogens is 188 g/mol. The van der Waals surface area contributed by atoms with Crippen molar-refractivity contribution >= 4 is 0 Å². The van der Waals surface area contributed by atoms with Crippen LogP contribution in [0.3, 0.4) is 0 Å². The first-order chi connectivity index (χ1) is 7.22. The van der Waals surface area contributed by atoms with Crippen molar-refractivity contribution in [3.8, 4) is 5.75 Å². The van der Waals surface area contributed by atoms with E-state index in [0.29, 0.717) is 6.54 Å². The monoisotopic (exact) mass is 212 g/mol. The Kier molecular flexibility index (Phi) is 7.64. The van der Waals surface area contributed by atoms with E-state index >= 15 is 0 Å². The smallest absolute Gasteiger partial charge is 0.123 e. The average molecular weight is 212 g/mol. The molecule has 1 rings (SSSR count). The first-order valence-electron chi connectivity index (χ1n) is 5.51. The summed E-state index contributed by atoms with van der Waals surface area (Å²) < 4.78 is 5.62. The van der Waals surface area contributed by atoms with Gasteiger partial charge in [-0.2, -0.15) is 0 Å². The van der Waals surface area contributed by atoms with E-state index in [4.69, 9.17) is 10.5 Å². The Morgan fingerprint density at radius 1 is 1.53 bits per heavy atom. The molecule has 0 fully saturated rings. The molecule has 1 aromatic rings. The van der Waals surface area contributed by atoms with Crippen LogP contribution in [0, 0.1) is 6.92 Å². The van der Waals surface area contributed by atoms with Crippen LogP contribution in [0.2, 0.25) is 0 Å². The lowest BCUT2D eigenvalue weighted by Crippen LogP contribution is -2.16. The molecule has 1 atom stereocenters. The van der Waals surface area contributed by atoms with Crippen LogP contribution in [-0.2, 0) is 0 Å². The van der Waals surface area contributed by atoms with Gasteiger partial charge in [0.25, 0.3) is 0 Å². The number of hydrogen-bond acceptors (Lipinski definition) is 3. The number of hydrogen-bond donors (Lipinski definition) is 1. The standard InChI is InChI=1S/C10H16N2O.C2H6.H2/c1-8-7-10(4-6-12-8)13-9(2)3-5-11;1-2;/h4,6-7,9H,3,5,11H2,1-2H3;1-2H3;1H. The van der Waals surface area contributed by atoms with Crippen molar-refractivity contribution < 1.29 is 6.16 Å². The van der Waals surface area contributed by atoms with Gasteiger partial charge >= 0.3 is 0 Å². The molecule has 0 amide bonds. The van der Waals surface area contributed by atoms with Crippen LogP contribution in [0.4, 0.5) is 0 Å². The van der Waals surface area contributed by atoms with Crippen molar-refractivity contribution in [2.75, 3.05) is 6.54 Å². The topological polar surface area (TPSA) is 48.1 Å². The summed E-state index contributed by atoms with van der Waals surface area (Å²) in [4.78, 5) is 4.09. The number of aryl methyl sites for hydroxylation is 1. The van der Waals surface area contributed by atoms with Crippen LogP contribution in [0.5, 0.6) is 5.75 Å². The summed E-state index contributed by atoms with van der Waals surface area (Å²) in [5, 5.41) is 0. The number of aromatic nitrogens is 1. The summed E-state index contributed by atoms with van der Waals surface area (Å²) >= 11 is 0. The van der Waals surface area contributed by atoms with E-state index in [-0.39, 0.29) is 7.53 Å². The molecule has 88 valence electrons. The van der Waals surface area contributed by atoms with E-state index in [2.05, 4.69) is 4.98 Å². The predicted octanol–water partition coefficient (Wildman–Crippen LogP) is 2.78. The van der Waals surface area contributed by atoms with E-state index in [1.807, 2.05) is 39.8 Å². The molecule has 0 aliphatic heterocycles. The van der Waals surface area contributed by atoms with Gasteiger partial charge in [-0.15, -0.1) is 0 Å². The van der Waals surface area contributed by atoms with Gasteiger partial charge in [0.15, 0.2) is 0 Å². The minimum atomic E-state index is 0. The third kappa shape index (κ3) is 6.07. The van der Waals surface area contributed by atoms with Gasteiger partial charge in [0.05, 0.1) is 6.10 Å². The molecule has 0 saturated heterocycles. The van der Waals surface area contributed by atoms with Crippen molar-refractivity contribution in [1.82, 2.24) is 4.98 Å². The second-order valence-corrected chi connectivity index (χ2v) is 3.14. The zero-order chi connectivity index (χ0) is 11.7. The van der Waals surface area contributed by atoms with E-state index in [1.165, 1.54) is 0 Å². The molecule has 0 saturated carbocycles. The highest BCUT2D eigenvalue weighted by Crippen LogP contribution is 2.12. The predicted molar refractivity (Wildman–Crippen MR) is 66.2 cm³/mol. The fourth-order valence-electron chi connectivity index (χ4n) is 1.12. The fourth-order valence-corrected chi connectivity index (χ4v) is 1.12. The van der Waals surface area contributed by atoms with E-state index in [9.17, 15) is 0 Å². The van der Waals surface area contributed by atoms with Crippen LogP contribution in [0.1, 0.15) is 34.3 Å². The highest BCUT2D eigenvalue weighted by atomic mass is 16.5. The lowest BCUT2D eigenvalue weighted by atomic mass is 10.3. The Balaban J connectivity index is 0. The molecular formula is C12H24N2O. The first-order valence-corrected chi connectivity index (χ1v) is 5.51. The third-order valence-corrected chi connectivity index (χ3v) is 1.78. The summed E-state index contributed by atoms with van der Waals surface area (Å²) in [6, 6.07) is 3.78. The Morgan fingerprint density at radius 2 is 2.20 bits per heavy atom. The second kappa shape index (κ2) is 8.24. The molecule has 1 heterocycles. The quantitative estimate of drug-likeness (QED) is 0.835. The molecule has 3 nitrogen and oxygen atoms in total. The van der Waals surface area contributed by atoms with E-state index in [1.54, 1.807) is 6.20 Å². The Labute approximate surface area is 94.1 Å². The largest absolute Gasteiger partial charge is 0.491 e. The maximum absolute atomic E-state index is 5.62. The van der Waals surface area contributed by atoms with Crippen molar-refractivity contribution in [2.45, 2.75) is 40.2 Å². The van der Waals surface area contributed by atoms with Gasteiger partial charge in [-0.3, -0.25) is 4.98 Å². The lowest BCUT2D eigenvalue weighted by Gasteiger charge is -2.13. The normalized spacial score (nSPS) is 11.3. The highest BCUT2D eigenvalue weighted by molar-refractivity contribution is 5.21. The molecule has 1 aromatic heterocycles. The lowest BCUT2D eigenvalue weighted by molar-refractivity contribution is 0.213. The summed E-state index contributed by atoms with van der Waals surface area (Å²) in [5.74, 6) is 0.869. The van der Waals surface area contributed by atoms with Gasteiger partial charge in [-0.1, -0.05) is 13.8 Å². The highest BCUT2D eigenvalue weighted by Gasteiger charge is 2.02. The molecule has 15 heavy (non-hydrogen) atoms. The minimum absolute atomic E-state index is 0. The van der Waals surface area contributed by atoms with Crippen molar-refractivity contribution in [2.24, 2.45) is 5.73 Å². The van der Waals surface area contributed by atoms with Gasteiger partial charge in [0.1, 0.15) is 5.75 Å². The molecule has 0 bridgehead atoms. The van der Waals surface area contributed by atoms with E-state index in [0.717, 1.165) is 17.9 Å². The summed E-state index contributed by atoms with van der Waals surface area (Å²) in [5.41, 5.74) is 6.39. The SMILES string of the molecule is CC.Cc1cc(OC(C)CCN)ccn1.[HH]. The van der Waals surface area contributed by atoms with Crippen LogP contribution in [0.15, 0.2) is 18.3 Å². The number of pyridine rings is 1. The van der Waals surface area contributed by atoms with Gasteiger partial charge in [-0.05, 0) is 32.9 Å². The molecule has 0 aliphatic rings. The van der Waals surface area contributed by atoms with Crippen molar-refractivity contribution in [1.29, 1.82) is 0 Å². The maximum Gasteiger partial charge on any atom is 0.123 e. The maximum atomic E-state index is 5.62.